The van der Waals surface area contributed by atoms with Gasteiger partial charge in [0.1, 0.15) is 0 Å². The van der Waals surface area contributed by atoms with Crippen LogP contribution in [0.25, 0.3) is 0 Å². The molecule has 0 saturated carbocycles. The van der Waals surface area contributed by atoms with E-state index in [4.69, 9.17) is 11.6 Å². The number of nitrogens with zero attached hydrogens (tertiary/aromatic N) is 1. The zero-order valence-electron chi connectivity index (χ0n) is 15.0. The van der Waals surface area contributed by atoms with E-state index in [0.717, 1.165) is 19.3 Å². The summed E-state index contributed by atoms with van der Waals surface area (Å²) in [7, 11) is -3.55. The summed E-state index contributed by atoms with van der Waals surface area (Å²) in [6.07, 6.45) is 2.74. The number of carbonyl (C=O) groups excluding carboxylic acids is 2. The van der Waals surface area contributed by atoms with Crippen LogP contribution < -0.4 is 10.9 Å². The Morgan fingerprint density at radius 2 is 1.46 bits per heavy atom. The zero-order valence-corrected chi connectivity index (χ0v) is 16.6. The molecular weight excluding hydrogens is 402 g/mol. The predicted octanol–water partition coefficient (Wildman–Crippen LogP) is 2.59. The molecule has 2 aromatic rings. The summed E-state index contributed by atoms with van der Waals surface area (Å²) in [5, 5.41) is 0.407. The molecule has 9 heteroatoms. The number of hydrogen-bond donors (Lipinski definition) is 2. The Balaban J connectivity index is 1.63. The quantitative estimate of drug-likeness (QED) is 0.741. The number of piperidine rings is 1. The standard InChI is InChI=1S/C19H20ClN3O4S/c20-16-6-4-5-15(13-16)19(25)22-21-18(24)14-7-9-17(10-8-14)28(26,27)23-11-2-1-3-12-23/h4-10,13H,1-3,11-12H2,(H,21,24)(H,22,25). The number of nitrogens with one attached hydrogen (secondary N) is 2. The molecule has 3 rings (SSSR count). The number of rotatable bonds is 4. The van der Waals surface area contributed by atoms with Gasteiger partial charge < -0.3 is 0 Å². The first-order valence-electron chi connectivity index (χ1n) is 8.84. The van der Waals surface area contributed by atoms with Crippen molar-refractivity contribution in [2.45, 2.75) is 24.2 Å². The molecule has 0 aliphatic carbocycles. The molecule has 7 nitrogen and oxygen atoms in total. The van der Waals surface area contributed by atoms with E-state index in [1.807, 2.05) is 0 Å². The molecule has 1 fully saturated rings. The summed E-state index contributed by atoms with van der Waals surface area (Å²) >= 11 is 5.84. The van der Waals surface area contributed by atoms with Gasteiger partial charge >= 0.3 is 0 Å². The number of hydrazine groups is 1. The normalized spacial score (nSPS) is 15.0. The molecule has 2 N–H and O–H groups in total. The highest BCUT2D eigenvalue weighted by Crippen LogP contribution is 2.20. The Labute approximate surface area is 168 Å². The highest BCUT2D eigenvalue weighted by atomic mass is 35.5. The maximum absolute atomic E-state index is 12.6. The van der Waals surface area contributed by atoms with Gasteiger partial charge in [0.15, 0.2) is 0 Å². The minimum atomic E-state index is -3.55. The van der Waals surface area contributed by atoms with Crippen LogP contribution in [0.1, 0.15) is 40.0 Å². The second-order valence-electron chi connectivity index (χ2n) is 6.41. The Morgan fingerprint density at radius 1 is 0.857 bits per heavy atom. The number of sulfonamides is 1. The van der Waals surface area contributed by atoms with E-state index in [1.165, 1.54) is 34.6 Å². The number of halogens is 1. The molecule has 1 aliphatic rings. The first-order chi connectivity index (χ1) is 13.4. The molecule has 0 aromatic heterocycles. The number of carbonyl (C=O) groups is 2. The van der Waals surface area contributed by atoms with Gasteiger partial charge in [0.05, 0.1) is 4.90 Å². The number of hydrogen-bond acceptors (Lipinski definition) is 4. The van der Waals surface area contributed by atoms with Crippen LogP contribution in [0.15, 0.2) is 53.4 Å². The van der Waals surface area contributed by atoms with Crippen molar-refractivity contribution in [1.29, 1.82) is 0 Å². The van der Waals surface area contributed by atoms with E-state index < -0.39 is 21.8 Å². The Bertz CT molecular complexity index is 971. The topological polar surface area (TPSA) is 95.6 Å². The second kappa shape index (κ2) is 8.72. The van der Waals surface area contributed by atoms with Crippen LogP contribution in [0.3, 0.4) is 0 Å². The molecular formula is C19H20ClN3O4S. The van der Waals surface area contributed by atoms with Crippen LogP contribution in [0.5, 0.6) is 0 Å². The lowest BCUT2D eigenvalue weighted by Crippen LogP contribution is -2.41. The molecule has 2 aromatic carbocycles. The monoisotopic (exact) mass is 421 g/mol. The molecule has 0 bridgehead atoms. The fourth-order valence-electron chi connectivity index (χ4n) is 2.92. The SMILES string of the molecule is O=C(NNC(=O)c1cccc(Cl)c1)c1ccc(S(=O)(=O)N2CCCCC2)cc1. The van der Waals surface area contributed by atoms with Crippen LogP contribution in [0.4, 0.5) is 0 Å². The summed E-state index contributed by atoms with van der Waals surface area (Å²) in [5.41, 5.74) is 5.12. The lowest BCUT2D eigenvalue weighted by atomic mass is 10.2. The summed E-state index contributed by atoms with van der Waals surface area (Å²) in [6, 6.07) is 11.9. The van der Waals surface area contributed by atoms with Gasteiger partial charge in [-0.05, 0) is 55.3 Å². The molecule has 148 valence electrons. The van der Waals surface area contributed by atoms with Crippen LogP contribution in [-0.2, 0) is 10.0 Å². The summed E-state index contributed by atoms with van der Waals surface area (Å²) < 4.78 is 26.7. The third kappa shape index (κ3) is 4.70. The number of benzene rings is 2. The van der Waals surface area contributed by atoms with Gasteiger partial charge in [-0.2, -0.15) is 4.31 Å². The largest absolute Gasteiger partial charge is 0.269 e. The molecule has 0 spiro atoms. The molecule has 28 heavy (non-hydrogen) atoms. The predicted molar refractivity (Wildman–Crippen MR) is 105 cm³/mol. The van der Waals surface area contributed by atoms with Crippen molar-refractivity contribution in [1.82, 2.24) is 15.2 Å². The molecule has 2 amide bonds. The van der Waals surface area contributed by atoms with Gasteiger partial charge in [-0.25, -0.2) is 8.42 Å². The Morgan fingerprint density at radius 3 is 2.07 bits per heavy atom. The molecule has 0 atom stereocenters. The van der Waals surface area contributed by atoms with Crippen molar-refractivity contribution in [2.24, 2.45) is 0 Å². The highest BCUT2D eigenvalue weighted by Gasteiger charge is 2.25. The van der Waals surface area contributed by atoms with Gasteiger partial charge in [-0.3, -0.25) is 20.4 Å². The molecule has 0 radical (unpaired) electrons. The van der Waals surface area contributed by atoms with Gasteiger partial charge in [0, 0.05) is 29.2 Å². The third-order valence-electron chi connectivity index (χ3n) is 4.45. The van der Waals surface area contributed by atoms with Gasteiger partial charge in [0.2, 0.25) is 10.0 Å². The minimum absolute atomic E-state index is 0.147. The molecule has 1 saturated heterocycles. The van der Waals surface area contributed by atoms with Crippen LogP contribution in [0.2, 0.25) is 5.02 Å². The summed E-state index contributed by atoms with van der Waals surface area (Å²) in [6.45, 7) is 1.03. The van der Waals surface area contributed by atoms with Crippen molar-refractivity contribution < 1.29 is 18.0 Å². The van der Waals surface area contributed by atoms with Crippen LogP contribution in [0, 0.1) is 0 Å². The molecule has 1 heterocycles. The van der Waals surface area contributed by atoms with E-state index in [2.05, 4.69) is 10.9 Å². The van der Waals surface area contributed by atoms with Crippen molar-refractivity contribution >= 4 is 33.4 Å². The van der Waals surface area contributed by atoms with E-state index in [1.54, 1.807) is 18.2 Å². The Kier molecular flexibility index (Phi) is 6.33. The van der Waals surface area contributed by atoms with Crippen molar-refractivity contribution in [3.63, 3.8) is 0 Å². The zero-order chi connectivity index (χ0) is 20.1. The van der Waals surface area contributed by atoms with Crippen molar-refractivity contribution in [3.05, 3.63) is 64.7 Å². The fourth-order valence-corrected chi connectivity index (χ4v) is 4.63. The maximum atomic E-state index is 12.6. The van der Waals surface area contributed by atoms with Gasteiger partial charge in [-0.15, -0.1) is 0 Å². The minimum Gasteiger partial charge on any atom is -0.267 e. The average molecular weight is 422 g/mol. The van der Waals surface area contributed by atoms with Gasteiger partial charge in [-0.1, -0.05) is 24.1 Å². The van der Waals surface area contributed by atoms with E-state index in [9.17, 15) is 18.0 Å². The second-order valence-corrected chi connectivity index (χ2v) is 8.78. The maximum Gasteiger partial charge on any atom is 0.269 e. The van der Waals surface area contributed by atoms with Crippen LogP contribution in [-0.4, -0.2) is 37.6 Å². The molecule has 0 unspecified atom stereocenters. The van der Waals surface area contributed by atoms with Crippen molar-refractivity contribution in [3.8, 4) is 0 Å². The Hall–Kier alpha value is -2.42. The van der Waals surface area contributed by atoms with E-state index in [-0.39, 0.29) is 10.5 Å². The highest BCUT2D eigenvalue weighted by molar-refractivity contribution is 7.89. The first kappa shape index (κ1) is 20.3. The van der Waals surface area contributed by atoms with Crippen LogP contribution >= 0.6 is 11.6 Å². The third-order valence-corrected chi connectivity index (χ3v) is 6.59. The lowest BCUT2D eigenvalue weighted by molar-refractivity contribution is 0.0846. The van der Waals surface area contributed by atoms with Gasteiger partial charge in [0.25, 0.3) is 11.8 Å². The first-order valence-corrected chi connectivity index (χ1v) is 10.7. The average Bonchev–Trinajstić information content (AvgIpc) is 2.72. The van der Waals surface area contributed by atoms with E-state index in [0.29, 0.717) is 23.7 Å². The smallest absolute Gasteiger partial charge is 0.267 e. The summed E-state index contributed by atoms with van der Waals surface area (Å²) in [5.74, 6) is -1.07. The van der Waals surface area contributed by atoms with E-state index >= 15 is 0 Å². The summed E-state index contributed by atoms with van der Waals surface area (Å²) in [4.78, 5) is 24.4. The lowest BCUT2D eigenvalue weighted by Gasteiger charge is -2.25. The fraction of sp³-hybridized carbons (Fsp3) is 0.263. The van der Waals surface area contributed by atoms with Crippen molar-refractivity contribution in [2.75, 3.05) is 13.1 Å². The number of amides is 2. The molecule has 1 aliphatic heterocycles.